The summed E-state index contributed by atoms with van der Waals surface area (Å²) in [6, 6.07) is 7.53. The third kappa shape index (κ3) is 3.90. The predicted molar refractivity (Wildman–Crippen MR) is 70.1 cm³/mol. The van der Waals surface area contributed by atoms with Gasteiger partial charge < -0.3 is 5.73 Å². The standard InChI is InChI=1S/C13H19N3O/c1-4-9(2)11-5-7-12(8-6-11)10(3)15-16-13(14)17/h5-9H,4H2,1-3H3,(H3,14,16,17). The number of nitrogens with two attached hydrogens (primary N) is 1. The van der Waals surface area contributed by atoms with Crippen molar-refractivity contribution in [3.05, 3.63) is 35.4 Å². The Kier molecular flexibility index (Phi) is 4.69. The van der Waals surface area contributed by atoms with Crippen LogP contribution in [0.25, 0.3) is 0 Å². The molecule has 0 aromatic heterocycles. The first kappa shape index (κ1) is 13.2. The van der Waals surface area contributed by atoms with Gasteiger partial charge in [-0.1, -0.05) is 38.1 Å². The van der Waals surface area contributed by atoms with Gasteiger partial charge in [0.25, 0.3) is 0 Å². The van der Waals surface area contributed by atoms with Crippen LogP contribution in [0.5, 0.6) is 0 Å². The lowest BCUT2D eigenvalue weighted by Gasteiger charge is -2.09. The molecule has 1 atom stereocenters. The summed E-state index contributed by atoms with van der Waals surface area (Å²) >= 11 is 0. The molecule has 0 aliphatic carbocycles. The van der Waals surface area contributed by atoms with Gasteiger partial charge in [0.1, 0.15) is 0 Å². The van der Waals surface area contributed by atoms with Crippen LogP contribution in [0.3, 0.4) is 0 Å². The highest BCUT2D eigenvalue weighted by molar-refractivity contribution is 5.99. The fourth-order valence-corrected chi connectivity index (χ4v) is 1.49. The minimum absolute atomic E-state index is 0.560. The molecule has 0 spiro atoms. The molecule has 0 saturated heterocycles. The minimum Gasteiger partial charge on any atom is -0.350 e. The zero-order valence-corrected chi connectivity index (χ0v) is 10.5. The number of nitrogens with zero attached hydrogens (tertiary/aromatic N) is 1. The van der Waals surface area contributed by atoms with Crippen LogP contribution < -0.4 is 11.2 Å². The molecule has 0 fully saturated rings. The molecule has 0 aliphatic rings. The number of urea groups is 1. The van der Waals surface area contributed by atoms with Crippen molar-refractivity contribution >= 4 is 11.7 Å². The molecule has 92 valence electrons. The minimum atomic E-state index is -0.652. The smallest absolute Gasteiger partial charge is 0.332 e. The summed E-state index contributed by atoms with van der Waals surface area (Å²) < 4.78 is 0. The lowest BCUT2D eigenvalue weighted by atomic mass is 9.97. The predicted octanol–water partition coefficient (Wildman–Crippen LogP) is 2.59. The van der Waals surface area contributed by atoms with Crippen LogP contribution in [0.15, 0.2) is 29.4 Å². The van der Waals surface area contributed by atoms with E-state index in [0.29, 0.717) is 5.92 Å². The molecule has 17 heavy (non-hydrogen) atoms. The number of primary amides is 1. The second kappa shape index (κ2) is 6.03. The number of benzene rings is 1. The lowest BCUT2D eigenvalue weighted by molar-refractivity contribution is 0.249. The van der Waals surface area contributed by atoms with E-state index in [-0.39, 0.29) is 0 Å². The van der Waals surface area contributed by atoms with Crippen LogP contribution in [0.2, 0.25) is 0 Å². The molecule has 0 aliphatic heterocycles. The number of carbonyl (C=O) groups is 1. The van der Waals surface area contributed by atoms with Gasteiger partial charge in [0.15, 0.2) is 0 Å². The number of nitrogens with one attached hydrogen (secondary N) is 1. The van der Waals surface area contributed by atoms with Crippen molar-refractivity contribution in [1.82, 2.24) is 5.43 Å². The molecule has 0 heterocycles. The summed E-state index contributed by atoms with van der Waals surface area (Å²) in [5.74, 6) is 0.560. The summed E-state index contributed by atoms with van der Waals surface area (Å²) in [7, 11) is 0. The van der Waals surface area contributed by atoms with Crippen molar-refractivity contribution in [2.45, 2.75) is 33.1 Å². The number of amides is 2. The number of hydrogen-bond donors (Lipinski definition) is 2. The van der Waals surface area contributed by atoms with E-state index in [9.17, 15) is 4.79 Å². The highest BCUT2D eigenvalue weighted by Gasteiger charge is 2.03. The van der Waals surface area contributed by atoms with Crippen molar-refractivity contribution in [2.24, 2.45) is 10.8 Å². The van der Waals surface area contributed by atoms with E-state index in [1.54, 1.807) is 0 Å². The fourth-order valence-electron chi connectivity index (χ4n) is 1.49. The Hall–Kier alpha value is -1.84. The highest BCUT2D eigenvalue weighted by Crippen LogP contribution is 2.18. The maximum absolute atomic E-state index is 10.5. The van der Waals surface area contributed by atoms with E-state index in [1.165, 1.54) is 5.56 Å². The summed E-state index contributed by atoms with van der Waals surface area (Å²) in [6.45, 7) is 6.20. The van der Waals surface area contributed by atoms with Gasteiger partial charge in [0.2, 0.25) is 0 Å². The Morgan fingerprint density at radius 1 is 1.41 bits per heavy atom. The Balaban J connectivity index is 2.80. The quantitative estimate of drug-likeness (QED) is 0.609. The van der Waals surface area contributed by atoms with Crippen molar-refractivity contribution in [3.63, 3.8) is 0 Å². The van der Waals surface area contributed by atoms with Crippen LogP contribution in [-0.4, -0.2) is 11.7 Å². The van der Waals surface area contributed by atoms with Crippen molar-refractivity contribution < 1.29 is 4.79 Å². The summed E-state index contributed by atoms with van der Waals surface area (Å²) in [6.07, 6.45) is 1.12. The van der Waals surface area contributed by atoms with Crippen LogP contribution in [0, 0.1) is 0 Å². The van der Waals surface area contributed by atoms with Crippen LogP contribution in [0.1, 0.15) is 44.2 Å². The maximum atomic E-state index is 10.5. The molecule has 1 aromatic rings. The van der Waals surface area contributed by atoms with Gasteiger partial charge in [-0.3, -0.25) is 0 Å². The summed E-state index contributed by atoms with van der Waals surface area (Å²) in [4.78, 5) is 10.5. The van der Waals surface area contributed by atoms with Crippen molar-refractivity contribution in [3.8, 4) is 0 Å². The molecule has 0 radical (unpaired) electrons. The molecular weight excluding hydrogens is 214 g/mol. The van der Waals surface area contributed by atoms with E-state index in [1.807, 2.05) is 19.1 Å². The molecule has 0 saturated carbocycles. The largest absolute Gasteiger partial charge is 0.350 e. The number of hydrogen-bond acceptors (Lipinski definition) is 2. The topological polar surface area (TPSA) is 67.5 Å². The number of rotatable bonds is 4. The van der Waals surface area contributed by atoms with Crippen LogP contribution in [0.4, 0.5) is 4.79 Å². The zero-order valence-electron chi connectivity index (χ0n) is 10.5. The third-order valence-corrected chi connectivity index (χ3v) is 2.84. The zero-order chi connectivity index (χ0) is 12.8. The number of carbonyl (C=O) groups excluding carboxylic acids is 1. The van der Waals surface area contributed by atoms with Crippen molar-refractivity contribution in [2.75, 3.05) is 0 Å². The summed E-state index contributed by atoms with van der Waals surface area (Å²) in [5, 5.41) is 3.88. The van der Waals surface area contributed by atoms with Crippen LogP contribution in [-0.2, 0) is 0 Å². The summed E-state index contributed by atoms with van der Waals surface area (Å²) in [5.41, 5.74) is 10.2. The third-order valence-electron chi connectivity index (χ3n) is 2.84. The van der Waals surface area contributed by atoms with Gasteiger partial charge in [-0.05, 0) is 30.4 Å². The van der Waals surface area contributed by atoms with Gasteiger partial charge in [0, 0.05) is 0 Å². The van der Waals surface area contributed by atoms with E-state index < -0.39 is 6.03 Å². The average molecular weight is 233 g/mol. The Labute approximate surface area is 102 Å². The molecular formula is C13H19N3O. The van der Waals surface area contributed by atoms with Crippen molar-refractivity contribution in [1.29, 1.82) is 0 Å². The van der Waals surface area contributed by atoms with Gasteiger partial charge in [-0.15, -0.1) is 0 Å². The number of hydrazone groups is 1. The molecule has 1 aromatic carbocycles. The molecule has 2 amide bonds. The van der Waals surface area contributed by atoms with Gasteiger partial charge >= 0.3 is 6.03 Å². The Bertz CT molecular complexity index is 409. The van der Waals surface area contributed by atoms with E-state index in [0.717, 1.165) is 17.7 Å². The molecule has 3 N–H and O–H groups in total. The first-order valence-corrected chi connectivity index (χ1v) is 5.74. The van der Waals surface area contributed by atoms with E-state index >= 15 is 0 Å². The van der Waals surface area contributed by atoms with Gasteiger partial charge in [-0.25, -0.2) is 10.2 Å². The SMILES string of the molecule is CCC(C)c1ccc(C(C)=NNC(N)=O)cc1. The van der Waals surface area contributed by atoms with E-state index in [4.69, 9.17) is 5.73 Å². The average Bonchev–Trinajstić information content (AvgIpc) is 2.35. The lowest BCUT2D eigenvalue weighted by Crippen LogP contribution is -2.25. The maximum Gasteiger partial charge on any atom is 0.332 e. The van der Waals surface area contributed by atoms with Crippen LogP contribution >= 0.6 is 0 Å². The Morgan fingerprint density at radius 3 is 2.47 bits per heavy atom. The second-order valence-corrected chi connectivity index (χ2v) is 4.10. The van der Waals surface area contributed by atoms with Gasteiger partial charge in [-0.2, -0.15) is 5.10 Å². The molecule has 1 rings (SSSR count). The van der Waals surface area contributed by atoms with E-state index in [2.05, 4.69) is 36.5 Å². The Morgan fingerprint density at radius 2 is 2.00 bits per heavy atom. The highest BCUT2D eigenvalue weighted by atomic mass is 16.2. The molecule has 4 nitrogen and oxygen atoms in total. The fraction of sp³-hybridized carbons (Fsp3) is 0.385. The second-order valence-electron chi connectivity index (χ2n) is 4.10. The first-order valence-electron chi connectivity index (χ1n) is 5.74. The van der Waals surface area contributed by atoms with Gasteiger partial charge in [0.05, 0.1) is 5.71 Å². The normalized spacial score (nSPS) is 13.2. The first-order chi connectivity index (χ1) is 8.04. The monoisotopic (exact) mass is 233 g/mol. The molecule has 1 unspecified atom stereocenters. The molecule has 0 bridgehead atoms. The molecule has 4 heteroatoms.